The van der Waals surface area contributed by atoms with Gasteiger partial charge in [0.05, 0.1) is 6.54 Å². The summed E-state index contributed by atoms with van der Waals surface area (Å²) in [6.07, 6.45) is 1.96. The standard InChI is InChI=1S/C17H16FN5OS/c1-25-14-7-3-6-13(9-14)20-17(24)15-16(19)23(22-21-15)10-11-4-2-5-12(18)8-11/h2-9H,10,19H2,1H3,(H,20,24). The Hall–Kier alpha value is -2.87. The van der Waals surface area contributed by atoms with Gasteiger partial charge in [0, 0.05) is 10.6 Å². The Morgan fingerprint density at radius 2 is 2.08 bits per heavy atom. The van der Waals surface area contributed by atoms with Gasteiger partial charge in [-0.3, -0.25) is 4.79 Å². The monoisotopic (exact) mass is 357 g/mol. The number of halogens is 1. The van der Waals surface area contributed by atoms with Crippen molar-refractivity contribution in [2.75, 3.05) is 17.3 Å². The van der Waals surface area contributed by atoms with Crippen LogP contribution >= 0.6 is 11.8 Å². The molecule has 0 aliphatic rings. The van der Waals surface area contributed by atoms with E-state index in [4.69, 9.17) is 5.73 Å². The van der Waals surface area contributed by atoms with Crippen LogP contribution < -0.4 is 11.1 Å². The number of amides is 1. The summed E-state index contributed by atoms with van der Waals surface area (Å²) >= 11 is 1.58. The Morgan fingerprint density at radius 1 is 1.28 bits per heavy atom. The molecule has 0 spiro atoms. The number of thioether (sulfide) groups is 1. The molecule has 0 fully saturated rings. The van der Waals surface area contributed by atoms with Crippen molar-refractivity contribution in [1.82, 2.24) is 15.0 Å². The number of hydrogen-bond donors (Lipinski definition) is 2. The van der Waals surface area contributed by atoms with Crippen LogP contribution in [0, 0.1) is 5.82 Å². The molecule has 0 radical (unpaired) electrons. The van der Waals surface area contributed by atoms with Crippen LogP contribution in [0.2, 0.25) is 0 Å². The molecular formula is C17H16FN5OS. The molecule has 3 N–H and O–H groups in total. The van der Waals surface area contributed by atoms with E-state index in [1.165, 1.54) is 16.8 Å². The summed E-state index contributed by atoms with van der Waals surface area (Å²) in [6, 6.07) is 13.5. The highest BCUT2D eigenvalue weighted by molar-refractivity contribution is 7.98. The average molecular weight is 357 g/mol. The smallest absolute Gasteiger partial charge is 0.280 e. The molecule has 0 aliphatic heterocycles. The number of anilines is 2. The Labute approximate surface area is 148 Å². The molecular weight excluding hydrogens is 341 g/mol. The third-order valence-electron chi connectivity index (χ3n) is 3.54. The third-order valence-corrected chi connectivity index (χ3v) is 4.26. The van der Waals surface area contributed by atoms with Crippen molar-refractivity contribution in [3.05, 3.63) is 65.6 Å². The van der Waals surface area contributed by atoms with Crippen LogP contribution in [0.1, 0.15) is 16.1 Å². The number of rotatable bonds is 5. The second kappa shape index (κ2) is 7.35. The van der Waals surface area contributed by atoms with Crippen molar-refractivity contribution in [2.24, 2.45) is 0 Å². The predicted molar refractivity (Wildman–Crippen MR) is 96.1 cm³/mol. The van der Waals surface area contributed by atoms with Crippen LogP contribution in [0.15, 0.2) is 53.4 Å². The molecule has 3 aromatic rings. The first-order valence-electron chi connectivity index (χ1n) is 7.45. The van der Waals surface area contributed by atoms with Crippen LogP contribution in [0.25, 0.3) is 0 Å². The lowest BCUT2D eigenvalue weighted by molar-refractivity contribution is 0.102. The number of nitrogens with one attached hydrogen (secondary N) is 1. The molecule has 0 saturated carbocycles. The van der Waals surface area contributed by atoms with Crippen molar-refractivity contribution < 1.29 is 9.18 Å². The molecule has 3 rings (SSSR count). The molecule has 2 aromatic carbocycles. The number of hydrogen-bond acceptors (Lipinski definition) is 5. The molecule has 0 unspecified atom stereocenters. The molecule has 0 aliphatic carbocycles. The zero-order valence-corrected chi connectivity index (χ0v) is 14.3. The second-order valence-electron chi connectivity index (χ2n) is 5.30. The van der Waals surface area contributed by atoms with E-state index >= 15 is 0 Å². The number of aromatic nitrogens is 3. The maximum atomic E-state index is 13.3. The second-order valence-corrected chi connectivity index (χ2v) is 6.18. The van der Waals surface area contributed by atoms with Crippen LogP contribution in [0.4, 0.5) is 15.9 Å². The van der Waals surface area contributed by atoms with Crippen molar-refractivity contribution >= 4 is 29.2 Å². The van der Waals surface area contributed by atoms with Gasteiger partial charge in [-0.15, -0.1) is 16.9 Å². The Bertz CT molecular complexity index is 912. The van der Waals surface area contributed by atoms with Gasteiger partial charge in [-0.25, -0.2) is 9.07 Å². The predicted octanol–water partition coefficient (Wildman–Crippen LogP) is 3.02. The van der Waals surface area contributed by atoms with Crippen molar-refractivity contribution in [3.63, 3.8) is 0 Å². The van der Waals surface area contributed by atoms with E-state index in [-0.39, 0.29) is 23.9 Å². The summed E-state index contributed by atoms with van der Waals surface area (Å²) in [5.41, 5.74) is 7.34. The van der Waals surface area contributed by atoms with Gasteiger partial charge >= 0.3 is 0 Å². The molecule has 128 valence electrons. The van der Waals surface area contributed by atoms with E-state index in [0.29, 0.717) is 11.3 Å². The summed E-state index contributed by atoms with van der Waals surface area (Å²) in [5, 5.41) is 10.5. The third kappa shape index (κ3) is 3.97. The lowest BCUT2D eigenvalue weighted by atomic mass is 10.2. The molecule has 1 heterocycles. The molecule has 8 heteroatoms. The van der Waals surface area contributed by atoms with Crippen molar-refractivity contribution in [2.45, 2.75) is 11.4 Å². The highest BCUT2D eigenvalue weighted by Crippen LogP contribution is 2.20. The van der Waals surface area contributed by atoms with Gasteiger partial charge in [0.25, 0.3) is 5.91 Å². The van der Waals surface area contributed by atoms with Gasteiger partial charge in [-0.2, -0.15) is 0 Å². The first kappa shape index (κ1) is 17.0. The number of benzene rings is 2. The SMILES string of the molecule is CSc1cccc(NC(=O)c2nnn(Cc3cccc(F)c3)c2N)c1. The van der Waals surface area contributed by atoms with E-state index < -0.39 is 5.91 Å². The maximum absolute atomic E-state index is 13.3. The fraction of sp³-hybridized carbons (Fsp3) is 0.118. The van der Waals surface area contributed by atoms with Crippen LogP contribution in [0.3, 0.4) is 0 Å². The summed E-state index contributed by atoms with van der Waals surface area (Å²) in [5.74, 6) is -0.660. The van der Waals surface area contributed by atoms with Crippen molar-refractivity contribution in [3.8, 4) is 0 Å². The van der Waals surface area contributed by atoms with Gasteiger partial charge in [0.15, 0.2) is 11.5 Å². The highest BCUT2D eigenvalue weighted by Gasteiger charge is 2.18. The molecule has 1 aromatic heterocycles. The van der Waals surface area contributed by atoms with E-state index in [2.05, 4.69) is 15.6 Å². The zero-order valence-electron chi connectivity index (χ0n) is 13.4. The lowest BCUT2D eigenvalue weighted by Crippen LogP contribution is -2.15. The molecule has 1 amide bonds. The summed E-state index contributed by atoms with van der Waals surface area (Å²) < 4.78 is 14.6. The largest absolute Gasteiger partial charge is 0.382 e. The van der Waals surface area contributed by atoms with E-state index in [1.54, 1.807) is 30.0 Å². The first-order chi connectivity index (χ1) is 12.1. The zero-order chi connectivity index (χ0) is 17.8. The summed E-state index contributed by atoms with van der Waals surface area (Å²) in [6.45, 7) is 0.228. The molecule has 25 heavy (non-hydrogen) atoms. The molecule has 0 bridgehead atoms. The number of carbonyl (C=O) groups excluding carboxylic acids is 1. The van der Waals surface area contributed by atoms with E-state index in [0.717, 1.165) is 4.90 Å². The average Bonchev–Trinajstić information content (AvgIpc) is 2.96. The van der Waals surface area contributed by atoms with Gasteiger partial charge < -0.3 is 11.1 Å². The molecule has 6 nitrogen and oxygen atoms in total. The van der Waals surface area contributed by atoms with E-state index in [1.807, 2.05) is 24.5 Å². The number of carbonyl (C=O) groups is 1. The summed E-state index contributed by atoms with van der Waals surface area (Å²) in [4.78, 5) is 13.4. The van der Waals surface area contributed by atoms with Gasteiger partial charge in [-0.05, 0) is 42.2 Å². The number of nitrogens with two attached hydrogens (primary N) is 1. The number of nitrogen functional groups attached to an aromatic ring is 1. The normalized spacial score (nSPS) is 10.6. The van der Waals surface area contributed by atoms with Crippen LogP contribution in [-0.4, -0.2) is 27.2 Å². The first-order valence-corrected chi connectivity index (χ1v) is 8.68. The Kier molecular flexibility index (Phi) is 4.99. The highest BCUT2D eigenvalue weighted by atomic mass is 32.2. The minimum atomic E-state index is -0.443. The molecule has 0 saturated heterocycles. The number of nitrogens with zero attached hydrogens (tertiary/aromatic N) is 3. The Morgan fingerprint density at radius 3 is 2.84 bits per heavy atom. The minimum Gasteiger partial charge on any atom is -0.382 e. The van der Waals surface area contributed by atoms with Gasteiger partial charge in [-0.1, -0.05) is 23.4 Å². The van der Waals surface area contributed by atoms with E-state index in [9.17, 15) is 9.18 Å². The quantitative estimate of drug-likeness (QED) is 0.686. The minimum absolute atomic E-state index is 0.0333. The van der Waals surface area contributed by atoms with Crippen molar-refractivity contribution in [1.29, 1.82) is 0 Å². The topological polar surface area (TPSA) is 85.8 Å². The van der Waals surface area contributed by atoms with Gasteiger partial charge in [0.1, 0.15) is 5.82 Å². The maximum Gasteiger partial charge on any atom is 0.280 e. The van der Waals surface area contributed by atoms with Crippen LogP contribution in [0.5, 0.6) is 0 Å². The Balaban J connectivity index is 1.76. The fourth-order valence-corrected chi connectivity index (χ4v) is 2.76. The summed E-state index contributed by atoms with van der Waals surface area (Å²) in [7, 11) is 0. The van der Waals surface area contributed by atoms with Gasteiger partial charge in [0.2, 0.25) is 0 Å². The lowest BCUT2D eigenvalue weighted by Gasteiger charge is -2.06. The van der Waals surface area contributed by atoms with Crippen LogP contribution in [-0.2, 0) is 6.54 Å². The molecule has 0 atom stereocenters. The fourth-order valence-electron chi connectivity index (χ4n) is 2.30.